The van der Waals surface area contributed by atoms with Crippen molar-refractivity contribution in [1.82, 2.24) is 19.4 Å². The Hall–Kier alpha value is -3.79. The predicted molar refractivity (Wildman–Crippen MR) is 117 cm³/mol. The zero-order valence-corrected chi connectivity index (χ0v) is 17.9. The summed E-state index contributed by atoms with van der Waals surface area (Å²) in [6.07, 6.45) is 3.32. The van der Waals surface area contributed by atoms with E-state index in [4.69, 9.17) is 0 Å². The van der Waals surface area contributed by atoms with Crippen molar-refractivity contribution >= 4 is 33.2 Å². The van der Waals surface area contributed by atoms with E-state index in [0.717, 1.165) is 5.56 Å². The van der Waals surface area contributed by atoms with Crippen LogP contribution in [0.3, 0.4) is 0 Å². The van der Waals surface area contributed by atoms with Crippen molar-refractivity contribution in [2.45, 2.75) is 25.7 Å². The van der Waals surface area contributed by atoms with Crippen LogP contribution in [0.4, 0.5) is 11.6 Å². The molecule has 2 N–H and O–H groups in total. The number of nitrogens with zero attached hydrogens (tertiary/aromatic N) is 4. The van der Waals surface area contributed by atoms with E-state index in [-0.39, 0.29) is 16.8 Å². The van der Waals surface area contributed by atoms with E-state index in [1.807, 2.05) is 25.3 Å². The number of hydrogen-bond donors (Lipinski definition) is 2. The first kappa shape index (κ1) is 20.5. The maximum Gasteiger partial charge on any atom is 0.274 e. The molecule has 4 aromatic rings. The molecule has 0 unspecified atom stereocenters. The molecular weight excluding hydrogens is 416 g/mol. The summed E-state index contributed by atoms with van der Waals surface area (Å²) in [5, 5.41) is 2.79. The summed E-state index contributed by atoms with van der Waals surface area (Å²) < 4.78 is 29.2. The minimum atomic E-state index is -3.86. The van der Waals surface area contributed by atoms with Crippen molar-refractivity contribution in [2.24, 2.45) is 0 Å². The highest BCUT2D eigenvalue weighted by Gasteiger charge is 2.18. The largest absolute Gasteiger partial charge is 0.321 e. The molecule has 0 spiro atoms. The molecule has 0 saturated carbocycles. The van der Waals surface area contributed by atoms with Crippen molar-refractivity contribution in [2.75, 3.05) is 10.0 Å². The maximum atomic E-state index is 12.9. The van der Waals surface area contributed by atoms with Crippen molar-refractivity contribution in [3.63, 3.8) is 0 Å². The maximum absolute atomic E-state index is 12.9. The molecule has 0 aliphatic carbocycles. The number of imidazole rings is 1. The second-order valence-electron chi connectivity index (χ2n) is 7.09. The van der Waals surface area contributed by atoms with Gasteiger partial charge in [0.2, 0.25) is 5.95 Å². The average Bonchev–Trinajstić information content (AvgIpc) is 3.03. The van der Waals surface area contributed by atoms with Crippen LogP contribution in [-0.4, -0.2) is 33.7 Å². The fourth-order valence-corrected chi connectivity index (χ4v) is 4.08. The van der Waals surface area contributed by atoms with Crippen LogP contribution >= 0.6 is 0 Å². The van der Waals surface area contributed by atoms with Crippen molar-refractivity contribution in [3.8, 4) is 0 Å². The predicted octanol–water partition coefficient (Wildman–Crippen LogP) is 3.10. The lowest BCUT2D eigenvalue weighted by atomic mass is 10.2. The molecule has 0 aliphatic rings. The first-order valence-electron chi connectivity index (χ1n) is 9.42. The molecule has 0 aliphatic heterocycles. The number of pyridine rings is 1. The summed E-state index contributed by atoms with van der Waals surface area (Å²) in [7, 11) is -3.86. The topological polar surface area (TPSA) is 118 Å². The monoisotopic (exact) mass is 436 g/mol. The quantitative estimate of drug-likeness (QED) is 0.496. The lowest BCUT2D eigenvalue weighted by Gasteiger charge is -2.09. The summed E-state index contributed by atoms with van der Waals surface area (Å²) in [4.78, 5) is 25.2. The van der Waals surface area contributed by atoms with E-state index in [1.165, 1.54) is 30.5 Å². The van der Waals surface area contributed by atoms with Crippen LogP contribution in [0.1, 0.15) is 27.4 Å². The first-order valence-corrected chi connectivity index (χ1v) is 10.9. The number of aryl methyl sites for hydroxylation is 3. The molecule has 1 amide bonds. The Morgan fingerprint density at radius 1 is 0.968 bits per heavy atom. The van der Waals surface area contributed by atoms with E-state index < -0.39 is 10.0 Å². The highest BCUT2D eigenvalue weighted by atomic mass is 32.2. The number of carbonyl (C=O) groups excluding carboxylic acids is 1. The van der Waals surface area contributed by atoms with Crippen LogP contribution < -0.4 is 10.0 Å². The van der Waals surface area contributed by atoms with Gasteiger partial charge < -0.3 is 5.32 Å². The molecule has 0 saturated heterocycles. The Balaban J connectivity index is 1.54. The van der Waals surface area contributed by atoms with Gasteiger partial charge in [-0.1, -0.05) is 6.07 Å². The standard InChI is InChI=1S/C21H20N6O3S/c1-13-4-9-18-24-15(3)19(27(18)12-13)20(28)25-16-5-7-17(8-6-16)31(29,30)26-21-22-11-10-14(2)23-21/h4-12H,1-3H3,(H,25,28)(H,22,23,26). The minimum absolute atomic E-state index is 0.00393. The molecule has 3 heterocycles. The zero-order chi connectivity index (χ0) is 22.2. The van der Waals surface area contributed by atoms with Gasteiger partial charge in [0.05, 0.1) is 10.6 Å². The number of rotatable bonds is 5. The first-order chi connectivity index (χ1) is 14.7. The Morgan fingerprint density at radius 2 is 1.71 bits per heavy atom. The Morgan fingerprint density at radius 3 is 2.42 bits per heavy atom. The molecule has 9 nitrogen and oxygen atoms in total. The van der Waals surface area contributed by atoms with E-state index in [9.17, 15) is 13.2 Å². The molecule has 158 valence electrons. The number of fused-ring (bicyclic) bond motifs is 1. The third-order valence-corrected chi connectivity index (χ3v) is 5.94. The van der Waals surface area contributed by atoms with Crippen molar-refractivity contribution in [1.29, 1.82) is 0 Å². The molecule has 31 heavy (non-hydrogen) atoms. The summed E-state index contributed by atoms with van der Waals surface area (Å²) in [6, 6.07) is 11.3. The van der Waals surface area contributed by atoms with Gasteiger partial charge in [0.25, 0.3) is 15.9 Å². The van der Waals surface area contributed by atoms with Gasteiger partial charge in [0.15, 0.2) is 0 Å². The fraction of sp³-hybridized carbons (Fsp3) is 0.143. The van der Waals surface area contributed by atoms with Gasteiger partial charge in [0.1, 0.15) is 11.3 Å². The van der Waals surface area contributed by atoms with Gasteiger partial charge in [-0.25, -0.2) is 28.1 Å². The van der Waals surface area contributed by atoms with Gasteiger partial charge in [-0.05, 0) is 62.7 Å². The van der Waals surface area contributed by atoms with E-state index >= 15 is 0 Å². The van der Waals surface area contributed by atoms with Gasteiger partial charge in [-0.2, -0.15) is 0 Å². The number of amides is 1. The smallest absolute Gasteiger partial charge is 0.274 e. The van der Waals surface area contributed by atoms with Crippen LogP contribution in [-0.2, 0) is 10.0 Å². The van der Waals surface area contributed by atoms with Crippen LogP contribution in [0, 0.1) is 20.8 Å². The Kier molecular flexibility index (Phi) is 5.15. The number of hydrogen-bond acceptors (Lipinski definition) is 6. The van der Waals surface area contributed by atoms with Crippen LogP contribution in [0.25, 0.3) is 5.65 Å². The summed E-state index contributed by atoms with van der Waals surface area (Å²) in [6.45, 7) is 5.45. The van der Waals surface area contributed by atoms with Gasteiger partial charge >= 0.3 is 0 Å². The second-order valence-corrected chi connectivity index (χ2v) is 8.77. The minimum Gasteiger partial charge on any atom is -0.321 e. The van der Waals surface area contributed by atoms with Crippen LogP contribution in [0.2, 0.25) is 0 Å². The molecule has 0 fully saturated rings. The fourth-order valence-electron chi connectivity index (χ4n) is 3.13. The van der Waals surface area contributed by atoms with E-state index in [1.54, 1.807) is 24.3 Å². The number of anilines is 2. The van der Waals surface area contributed by atoms with Gasteiger partial charge in [0, 0.05) is 23.8 Å². The highest BCUT2D eigenvalue weighted by Crippen LogP contribution is 2.19. The molecule has 10 heteroatoms. The Bertz CT molecular complexity index is 1390. The number of benzene rings is 1. The molecule has 3 aromatic heterocycles. The molecule has 4 rings (SSSR count). The lowest BCUT2D eigenvalue weighted by molar-refractivity contribution is 0.102. The molecule has 0 atom stereocenters. The molecular formula is C21H20N6O3S. The number of sulfonamides is 1. The van der Waals surface area contributed by atoms with Crippen LogP contribution in [0.5, 0.6) is 0 Å². The van der Waals surface area contributed by atoms with Crippen LogP contribution in [0.15, 0.2) is 59.8 Å². The van der Waals surface area contributed by atoms with E-state index in [0.29, 0.717) is 28.4 Å². The van der Waals surface area contributed by atoms with E-state index in [2.05, 4.69) is 25.0 Å². The molecule has 0 bridgehead atoms. The SMILES string of the molecule is Cc1ccc2nc(C)c(C(=O)Nc3ccc(S(=O)(=O)Nc4nccc(C)n4)cc3)n2c1. The average molecular weight is 436 g/mol. The summed E-state index contributed by atoms with van der Waals surface area (Å²) >= 11 is 0. The molecule has 0 radical (unpaired) electrons. The van der Waals surface area contributed by atoms with Crippen molar-refractivity contribution < 1.29 is 13.2 Å². The number of nitrogens with one attached hydrogen (secondary N) is 2. The number of carbonyl (C=O) groups is 1. The normalized spacial score (nSPS) is 11.5. The summed E-state index contributed by atoms with van der Waals surface area (Å²) in [5.74, 6) is -0.340. The lowest BCUT2D eigenvalue weighted by Crippen LogP contribution is -2.17. The van der Waals surface area contributed by atoms with Crippen molar-refractivity contribution in [3.05, 3.63) is 77.5 Å². The third-order valence-electron chi connectivity index (χ3n) is 4.60. The highest BCUT2D eigenvalue weighted by molar-refractivity contribution is 7.92. The van der Waals surface area contributed by atoms with Gasteiger partial charge in [-0.3, -0.25) is 9.20 Å². The summed E-state index contributed by atoms with van der Waals surface area (Å²) in [5.41, 5.74) is 3.80. The molecule has 1 aromatic carbocycles. The third kappa shape index (κ3) is 4.24. The second kappa shape index (κ2) is 7.80. The zero-order valence-electron chi connectivity index (χ0n) is 17.1. The number of aromatic nitrogens is 4. The Labute approximate surface area is 179 Å². The van der Waals surface area contributed by atoms with Gasteiger partial charge in [-0.15, -0.1) is 0 Å².